The van der Waals surface area contributed by atoms with Crippen molar-refractivity contribution in [3.8, 4) is 11.3 Å². The van der Waals surface area contributed by atoms with Crippen LogP contribution in [0, 0.1) is 6.92 Å². The van der Waals surface area contributed by atoms with Crippen LogP contribution in [0.1, 0.15) is 23.0 Å². The Hall–Kier alpha value is -3.52. The lowest BCUT2D eigenvalue weighted by molar-refractivity contribution is 0.102. The van der Waals surface area contributed by atoms with Gasteiger partial charge in [0.2, 0.25) is 0 Å². The fourth-order valence-corrected chi connectivity index (χ4v) is 3.26. The van der Waals surface area contributed by atoms with Gasteiger partial charge < -0.3 is 10.1 Å². The van der Waals surface area contributed by atoms with Crippen molar-refractivity contribution in [3.05, 3.63) is 60.2 Å². The van der Waals surface area contributed by atoms with Gasteiger partial charge >= 0.3 is 0 Å². The Morgan fingerprint density at radius 1 is 1.21 bits per heavy atom. The molecule has 4 aromatic rings. The number of aromatic nitrogens is 5. The number of hydrogen-bond acceptors (Lipinski definition) is 5. The first-order valence-electron chi connectivity index (χ1n) is 9.36. The molecule has 0 saturated carbocycles. The Balaban J connectivity index is 1.75. The molecule has 1 aromatic carbocycles. The molecule has 0 aliphatic carbocycles. The van der Waals surface area contributed by atoms with Crippen LogP contribution in [0.5, 0.6) is 0 Å². The quantitative estimate of drug-likeness (QED) is 0.545. The monoisotopic (exact) mass is 390 g/mol. The van der Waals surface area contributed by atoms with Crippen molar-refractivity contribution in [1.29, 1.82) is 0 Å². The number of aryl methyl sites for hydroxylation is 2. The second kappa shape index (κ2) is 7.84. The highest BCUT2D eigenvalue weighted by Crippen LogP contribution is 2.27. The number of carbonyl (C=O) groups excluding carboxylic acids is 1. The number of hydrogen-bond donors (Lipinski definition) is 1. The van der Waals surface area contributed by atoms with Gasteiger partial charge in [0.1, 0.15) is 6.73 Å². The van der Waals surface area contributed by atoms with E-state index in [0.717, 1.165) is 34.4 Å². The molecule has 3 heterocycles. The van der Waals surface area contributed by atoms with Gasteiger partial charge in [-0.2, -0.15) is 10.2 Å². The summed E-state index contributed by atoms with van der Waals surface area (Å²) in [6, 6.07) is 9.44. The van der Waals surface area contributed by atoms with Crippen molar-refractivity contribution in [3.63, 3.8) is 0 Å². The number of anilines is 1. The summed E-state index contributed by atoms with van der Waals surface area (Å²) in [5, 5.41) is 12.4. The van der Waals surface area contributed by atoms with E-state index in [0.29, 0.717) is 18.0 Å². The van der Waals surface area contributed by atoms with Gasteiger partial charge in [0.25, 0.3) is 5.91 Å². The average Bonchev–Trinajstić information content (AvgIpc) is 3.33. The van der Waals surface area contributed by atoms with E-state index in [1.54, 1.807) is 24.2 Å². The predicted molar refractivity (Wildman–Crippen MR) is 111 cm³/mol. The summed E-state index contributed by atoms with van der Waals surface area (Å²) in [5.41, 5.74) is 4.43. The Bertz CT molecular complexity index is 1180. The van der Waals surface area contributed by atoms with Crippen molar-refractivity contribution in [2.24, 2.45) is 0 Å². The van der Waals surface area contributed by atoms with Gasteiger partial charge in [0, 0.05) is 30.8 Å². The molecule has 1 N–H and O–H groups in total. The minimum absolute atomic E-state index is 0.220. The van der Waals surface area contributed by atoms with Gasteiger partial charge in [-0.3, -0.25) is 9.48 Å². The standard InChI is InChI=1S/C21H22N6O2/c1-4-26-12-18(14(2)25-26)20-9-17(16-7-5-6-8-19(16)24-20)21(28)23-15-10-22-27(11-15)13-29-3/h5-12H,4,13H2,1-3H3,(H,23,28). The molecule has 4 rings (SSSR count). The molecule has 148 valence electrons. The highest BCUT2D eigenvalue weighted by Gasteiger charge is 2.17. The van der Waals surface area contributed by atoms with Gasteiger partial charge in [-0.1, -0.05) is 18.2 Å². The summed E-state index contributed by atoms with van der Waals surface area (Å²) in [6.45, 7) is 5.07. The average molecular weight is 390 g/mol. The molecular formula is C21H22N6O2. The number of rotatable bonds is 6. The molecule has 0 atom stereocenters. The predicted octanol–water partition coefficient (Wildman–Crippen LogP) is 3.48. The molecule has 0 aliphatic rings. The Kier molecular flexibility index (Phi) is 5.09. The lowest BCUT2D eigenvalue weighted by Crippen LogP contribution is -2.13. The summed E-state index contributed by atoms with van der Waals surface area (Å²) >= 11 is 0. The Labute approximate surface area is 168 Å². The normalized spacial score (nSPS) is 11.1. The van der Waals surface area contributed by atoms with Crippen LogP contribution >= 0.6 is 0 Å². The van der Waals surface area contributed by atoms with Crippen LogP contribution in [0.25, 0.3) is 22.2 Å². The first-order valence-corrected chi connectivity index (χ1v) is 9.36. The Morgan fingerprint density at radius 3 is 2.79 bits per heavy atom. The second-order valence-corrected chi connectivity index (χ2v) is 6.70. The number of nitrogens with one attached hydrogen (secondary N) is 1. The number of methoxy groups -OCH3 is 1. The van der Waals surface area contributed by atoms with Crippen molar-refractivity contribution in [2.45, 2.75) is 27.1 Å². The van der Waals surface area contributed by atoms with Crippen LogP contribution < -0.4 is 5.32 Å². The van der Waals surface area contributed by atoms with Crippen LogP contribution in [-0.2, 0) is 18.0 Å². The fourth-order valence-electron chi connectivity index (χ4n) is 3.26. The SMILES string of the molecule is CCn1cc(-c2cc(C(=O)Nc3cnn(COC)c3)c3ccccc3n2)c(C)n1. The van der Waals surface area contributed by atoms with Gasteiger partial charge in [-0.25, -0.2) is 9.67 Å². The summed E-state index contributed by atoms with van der Waals surface area (Å²) < 4.78 is 8.52. The Morgan fingerprint density at radius 2 is 2.03 bits per heavy atom. The number of ether oxygens (including phenoxy) is 1. The molecule has 0 aliphatic heterocycles. The van der Waals surface area contributed by atoms with Crippen molar-refractivity contribution < 1.29 is 9.53 Å². The minimum atomic E-state index is -0.220. The summed E-state index contributed by atoms with van der Waals surface area (Å²) in [4.78, 5) is 17.9. The van der Waals surface area contributed by atoms with Gasteiger partial charge in [0.15, 0.2) is 0 Å². The van der Waals surface area contributed by atoms with Gasteiger partial charge in [0.05, 0.1) is 40.5 Å². The smallest absolute Gasteiger partial charge is 0.256 e. The van der Waals surface area contributed by atoms with Crippen LogP contribution in [-0.4, -0.2) is 37.6 Å². The van der Waals surface area contributed by atoms with E-state index in [-0.39, 0.29) is 5.91 Å². The van der Waals surface area contributed by atoms with E-state index in [4.69, 9.17) is 9.72 Å². The van der Waals surface area contributed by atoms with Crippen LogP contribution in [0.3, 0.4) is 0 Å². The van der Waals surface area contributed by atoms with E-state index in [9.17, 15) is 4.79 Å². The van der Waals surface area contributed by atoms with Crippen molar-refractivity contribution >= 4 is 22.5 Å². The third-order valence-corrected chi connectivity index (χ3v) is 4.66. The lowest BCUT2D eigenvalue weighted by atomic mass is 10.0. The van der Waals surface area contributed by atoms with E-state index in [1.807, 2.05) is 55.1 Å². The molecule has 0 fully saturated rings. The second-order valence-electron chi connectivity index (χ2n) is 6.70. The summed E-state index contributed by atoms with van der Waals surface area (Å²) in [7, 11) is 1.59. The molecule has 0 unspecified atom stereocenters. The van der Waals surface area contributed by atoms with Gasteiger partial charge in [-0.15, -0.1) is 0 Å². The number of fused-ring (bicyclic) bond motifs is 1. The largest absolute Gasteiger partial charge is 0.362 e. The number of carbonyl (C=O) groups is 1. The molecule has 0 spiro atoms. The van der Waals surface area contributed by atoms with Crippen LogP contribution in [0.2, 0.25) is 0 Å². The molecule has 29 heavy (non-hydrogen) atoms. The first-order chi connectivity index (χ1) is 14.1. The zero-order chi connectivity index (χ0) is 20.4. The number of pyridine rings is 1. The van der Waals surface area contributed by atoms with Crippen molar-refractivity contribution in [1.82, 2.24) is 24.5 Å². The van der Waals surface area contributed by atoms with E-state index < -0.39 is 0 Å². The molecule has 8 nitrogen and oxygen atoms in total. The minimum Gasteiger partial charge on any atom is -0.362 e. The highest BCUT2D eigenvalue weighted by molar-refractivity contribution is 6.13. The van der Waals surface area contributed by atoms with E-state index in [2.05, 4.69) is 15.5 Å². The maximum atomic E-state index is 13.1. The summed E-state index contributed by atoms with van der Waals surface area (Å²) in [6.07, 6.45) is 5.28. The number of nitrogens with zero attached hydrogens (tertiary/aromatic N) is 5. The maximum Gasteiger partial charge on any atom is 0.256 e. The molecular weight excluding hydrogens is 368 g/mol. The molecule has 0 saturated heterocycles. The number of benzene rings is 1. The molecule has 0 bridgehead atoms. The highest BCUT2D eigenvalue weighted by atomic mass is 16.5. The third kappa shape index (κ3) is 3.74. The first kappa shape index (κ1) is 18.8. The molecule has 1 amide bonds. The zero-order valence-electron chi connectivity index (χ0n) is 16.6. The fraction of sp³-hybridized carbons (Fsp3) is 0.238. The molecule has 3 aromatic heterocycles. The number of amides is 1. The lowest BCUT2D eigenvalue weighted by Gasteiger charge is -2.09. The van der Waals surface area contributed by atoms with E-state index in [1.165, 1.54) is 0 Å². The van der Waals surface area contributed by atoms with Crippen LogP contribution in [0.4, 0.5) is 5.69 Å². The van der Waals surface area contributed by atoms with Crippen LogP contribution in [0.15, 0.2) is 48.9 Å². The van der Waals surface area contributed by atoms with Gasteiger partial charge in [-0.05, 0) is 26.0 Å². The maximum absolute atomic E-state index is 13.1. The molecule has 8 heteroatoms. The zero-order valence-corrected chi connectivity index (χ0v) is 16.6. The number of para-hydroxylation sites is 1. The van der Waals surface area contributed by atoms with Crippen molar-refractivity contribution in [2.75, 3.05) is 12.4 Å². The topological polar surface area (TPSA) is 86.9 Å². The van der Waals surface area contributed by atoms with E-state index >= 15 is 0 Å². The summed E-state index contributed by atoms with van der Waals surface area (Å²) in [5.74, 6) is -0.220. The third-order valence-electron chi connectivity index (χ3n) is 4.66. The molecule has 0 radical (unpaired) electrons.